The SMILES string of the molecule is COc1cc2c(cc1OC)CN(CN1C(=O)CN(C)C1=O)CC2. The summed E-state index contributed by atoms with van der Waals surface area (Å²) in [5.41, 5.74) is 2.36. The van der Waals surface area contributed by atoms with Crippen molar-refractivity contribution in [2.45, 2.75) is 13.0 Å². The Kier molecular flexibility index (Phi) is 4.12. The first kappa shape index (κ1) is 15.6. The van der Waals surface area contributed by atoms with E-state index in [4.69, 9.17) is 9.47 Å². The molecule has 1 saturated heterocycles. The van der Waals surface area contributed by atoms with Gasteiger partial charge in [-0.2, -0.15) is 0 Å². The number of rotatable bonds is 4. The molecule has 0 radical (unpaired) electrons. The molecule has 0 unspecified atom stereocenters. The third kappa shape index (κ3) is 2.84. The van der Waals surface area contributed by atoms with Crippen molar-refractivity contribution in [3.05, 3.63) is 23.3 Å². The molecule has 7 nitrogen and oxygen atoms in total. The lowest BCUT2D eigenvalue weighted by Gasteiger charge is -2.31. The van der Waals surface area contributed by atoms with Crippen LogP contribution in [0.15, 0.2) is 12.1 Å². The van der Waals surface area contributed by atoms with E-state index in [2.05, 4.69) is 4.90 Å². The third-order valence-electron chi connectivity index (χ3n) is 4.37. The van der Waals surface area contributed by atoms with E-state index in [9.17, 15) is 9.59 Å². The van der Waals surface area contributed by atoms with Gasteiger partial charge in [-0.15, -0.1) is 0 Å². The van der Waals surface area contributed by atoms with E-state index in [1.54, 1.807) is 21.3 Å². The molecule has 7 heteroatoms. The van der Waals surface area contributed by atoms with E-state index in [0.717, 1.165) is 24.3 Å². The smallest absolute Gasteiger partial charge is 0.328 e. The topological polar surface area (TPSA) is 62.3 Å². The van der Waals surface area contributed by atoms with Crippen molar-refractivity contribution in [1.82, 2.24) is 14.7 Å². The first-order valence-corrected chi connectivity index (χ1v) is 7.55. The summed E-state index contributed by atoms with van der Waals surface area (Å²) in [5, 5.41) is 0. The molecule has 0 spiro atoms. The number of urea groups is 1. The van der Waals surface area contributed by atoms with Gasteiger partial charge in [0.15, 0.2) is 11.5 Å². The molecule has 2 aliphatic rings. The summed E-state index contributed by atoms with van der Waals surface area (Å²) in [6, 6.07) is 3.75. The van der Waals surface area contributed by atoms with Crippen LogP contribution in [0.25, 0.3) is 0 Å². The highest BCUT2D eigenvalue weighted by Crippen LogP contribution is 2.33. The number of carbonyl (C=O) groups excluding carboxylic acids is 2. The summed E-state index contributed by atoms with van der Waals surface area (Å²) >= 11 is 0. The third-order valence-corrected chi connectivity index (χ3v) is 4.37. The van der Waals surface area contributed by atoms with Gasteiger partial charge in [0.2, 0.25) is 0 Å². The quantitative estimate of drug-likeness (QED) is 0.772. The lowest BCUT2D eigenvalue weighted by molar-refractivity contribution is -0.126. The molecule has 0 N–H and O–H groups in total. The molecular weight excluding hydrogens is 298 g/mol. The van der Waals surface area contributed by atoms with Crippen LogP contribution in [0.4, 0.5) is 4.79 Å². The molecule has 1 aromatic rings. The highest BCUT2D eigenvalue weighted by Gasteiger charge is 2.35. The number of hydrogen-bond acceptors (Lipinski definition) is 5. The van der Waals surface area contributed by atoms with Gasteiger partial charge in [0.05, 0.1) is 20.9 Å². The molecule has 0 aromatic heterocycles. The predicted molar refractivity (Wildman–Crippen MR) is 83.4 cm³/mol. The van der Waals surface area contributed by atoms with Crippen LogP contribution in [0.5, 0.6) is 11.5 Å². The van der Waals surface area contributed by atoms with Gasteiger partial charge in [-0.1, -0.05) is 0 Å². The van der Waals surface area contributed by atoms with Gasteiger partial charge in [-0.25, -0.2) is 9.69 Å². The average molecular weight is 319 g/mol. The van der Waals surface area contributed by atoms with Crippen LogP contribution in [0, 0.1) is 0 Å². The Morgan fingerprint density at radius 1 is 1.04 bits per heavy atom. The largest absolute Gasteiger partial charge is 0.493 e. The number of methoxy groups -OCH3 is 2. The zero-order valence-corrected chi connectivity index (χ0v) is 13.7. The summed E-state index contributed by atoms with van der Waals surface area (Å²) in [6.07, 6.45) is 0.849. The number of benzene rings is 1. The minimum atomic E-state index is -0.229. The Bertz CT molecular complexity index is 646. The summed E-state index contributed by atoms with van der Waals surface area (Å²) in [7, 11) is 4.88. The fourth-order valence-corrected chi connectivity index (χ4v) is 3.07. The van der Waals surface area contributed by atoms with Crippen molar-refractivity contribution in [2.75, 3.05) is 41.0 Å². The van der Waals surface area contributed by atoms with Crippen molar-refractivity contribution in [3.8, 4) is 11.5 Å². The van der Waals surface area contributed by atoms with Crippen LogP contribution in [0.1, 0.15) is 11.1 Å². The lowest BCUT2D eigenvalue weighted by Crippen LogP contribution is -2.43. The lowest BCUT2D eigenvalue weighted by atomic mass is 9.99. The first-order valence-electron chi connectivity index (χ1n) is 7.55. The molecule has 23 heavy (non-hydrogen) atoms. The fraction of sp³-hybridized carbons (Fsp3) is 0.500. The Morgan fingerprint density at radius 2 is 1.70 bits per heavy atom. The second-order valence-electron chi connectivity index (χ2n) is 5.88. The monoisotopic (exact) mass is 319 g/mol. The number of hydrogen-bond donors (Lipinski definition) is 0. The number of nitrogens with zero attached hydrogens (tertiary/aromatic N) is 3. The number of ether oxygens (including phenoxy) is 2. The van der Waals surface area contributed by atoms with Crippen LogP contribution in [-0.2, 0) is 17.8 Å². The number of amides is 3. The van der Waals surface area contributed by atoms with Crippen molar-refractivity contribution in [1.29, 1.82) is 0 Å². The van der Waals surface area contributed by atoms with Crippen LogP contribution in [0.2, 0.25) is 0 Å². The van der Waals surface area contributed by atoms with Crippen molar-refractivity contribution >= 4 is 11.9 Å². The fourth-order valence-electron chi connectivity index (χ4n) is 3.07. The second kappa shape index (κ2) is 6.08. The van der Waals surface area contributed by atoms with E-state index in [1.807, 2.05) is 12.1 Å². The average Bonchev–Trinajstić information content (AvgIpc) is 2.79. The van der Waals surface area contributed by atoms with Gasteiger partial charge in [0.1, 0.15) is 6.54 Å². The summed E-state index contributed by atoms with van der Waals surface area (Å²) < 4.78 is 10.7. The Balaban J connectivity index is 1.75. The van der Waals surface area contributed by atoms with Crippen LogP contribution in [0.3, 0.4) is 0 Å². The molecule has 1 fully saturated rings. The predicted octanol–water partition coefficient (Wildman–Crippen LogP) is 0.913. The van der Waals surface area contributed by atoms with Gasteiger partial charge in [-0.3, -0.25) is 9.69 Å². The minimum absolute atomic E-state index is 0.143. The van der Waals surface area contributed by atoms with Gasteiger partial charge in [0, 0.05) is 20.1 Å². The molecule has 1 aromatic carbocycles. The molecule has 124 valence electrons. The second-order valence-corrected chi connectivity index (χ2v) is 5.88. The van der Waals surface area contributed by atoms with Crippen LogP contribution < -0.4 is 9.47 Å². The van der Waals surface area contributed by atoms with Crippen LogP contribution in [-0.4, -0.2) is 67.7 Å². The van der Waals surface area contributed by atoms with Gasteiger partial charge in [0.25, 0.3) is 5.91 Å². The molecule has 3 amide bonds. The Hall–Kier alpha value is -2.28. The van der Waals surface area contributed by atoms with Crippen molar-refractivity contribution in [3.63, 3.8) is 0 Å². The molecule has 0 aliphatic carbocycles. The molecule has 2 aliphatic heterocycles. The maximum atomic E-state index is 12.0. The van der Waals surface area contributed by atoms with E-state index in [1.165, 1.54) is 15.4 Å². The molecule has 0 saturated carbocycles. The number of carbonyl (C=O) groups is 2. The zero-order valence-electron chi connectivity index (χ0n) is 13.7. The first-order chi connectivity index (χ1) is 11.0. The summed E-state index contributed by atoms with van der Waals surface area (Å²) in [6.45, 7) is 1.96. The summed E-state index contributed by atoms with van der Waals surface area (Å²) in [5.74, 6) is 1.28. The molecule has 3 rings (SSSR count). The van der Waals surface area contributed by atoms with Gasteiger partial charge < -0.3 is 14.4 Å². The number of fused-ring (bicyclic) bond motifs is 1. The maximum Gasteiger partial charge on any atom is 0.328 e. The Labute approximate surface area is 135 Å². The molecule has 0 atom stereocenters. The summed E-state index contributed by atoms with van der Waals surface area (Å²) in [4.78, 5) is 28.7. The normalized spacial score (nSPS) is 18.4. The Morgan fingerprint density at radius 3 is 2.26 bits per heavy atom. The van der Waals surface area contributed by atoms with E-state index in [0.29, 0.717) is 19.0 Å². The van der Waals surface area contributed by atoms with Gasteiger partial charge >= 0.3 is 6.03 Å². The standard InChI is InChI=1S/C16H21N3O4/c1-17-9-15(20)19(16(17)21)10-18-5-4-11-6-13(22-2)14(23-3)7-12(11)8-18/h6-7H,4-5,8-10H2,1-3H3. The van der Waals surface area contributed by atoms with Gasteiger partial charge in [-0.05, 0) is 29.7 Å². The number of imide groups is 1. The maximum absolute atomic E-state index is 12.0. The highest BCUT2D eigenvalue weighted by atomic mass is 16.5. The highest BCUT2D eigenvalue weighted by molar-refractivity contribution is 6.01. The van der Waals surface area contributed by atoms with E-state index >= 15 is 0 Å². The minimum Gasteiger partial charge on any atom is -0.493 e. The number of likely N-dealkylation sites (N-methyl/N-ethyl adjacent to an activating group) is 1. The zero-order chi connectivity index (χ0) is 16.6. The van der Waals surface area contributed by atoms with Crippen molar-refractivity contribution < 1.29 is 19.1 Å². The molecule has 0 bridgehead atoms. The van der Waals surface area contributed by atoms with Crippen molar-refractivity contribution in [2.24, 2.45) is 0 Å². The van der Waals surface area contributed by atoms with E-state index < -0.39 is 0 Å². The molecule has 2 heterocycles. The van der Waals surface area contributed by atoms with Crippen LogP contribution >= 0.6 is 0 Å². The van der Waals surface area contributed by atoms with E-state index in [-0.39, 0.29) is 18.5 Å². The molecular formula is C16H21N3O4.